The van der Waals surface area contributed by atoms with E-state index < -0.39 is 0 Å². The number of carbonyl (C=O) groups is 1. The van der Waals surface area contributed by atoms with Gasteiger partial charge >= 0.3 is 0 Å². The average Bonchev–Trinajstić information content (AvgIpc) is 3.19. The summed E-state index contributed by atoms with van der Waals surface area (Å²) in [6, 6.07) is 28.4. The Kier molecular flexibility index (Phi) is 5.83. The Hall–Kier alpha value is -2.95. The highest BCUT2D eigenvalue weighted by molar-refractivity contribution is 5.99. The van der Waals surface area contributed by atoms with E-state index >= 15 is 0 Å². The van der Waals surface area contributed by atoms with Gasteiger partial charge in [-0.2, -0.15) is 0 Å². The summed E-state index contributed by atoms with van der Waals surface area (Å²) in [4.78, 5) is 16.9. The van der Waals surface area contributed by atoms with E-state index in [0.29, 0.717) is 12.5 Å². The predicted molar refractivity (Wildman–Crippen MR) is 125 cm³/mol. The van der Waals surface area contributed by atoms with Crippen molar-refractivity contribution in [1.82, 2.24) is 9.80 Å². The van der Waals surface area contributed by atoms with Gasteiger partial charge in [-0.1, -0.05) is 72.8 Å². The Balaban J connectivity index is 1.30. The van der Waals surface area contributed by atoms with E-state index in [-0.39, 0.29) is 5.91 Å². The molecule has 158 valence electrons. The molecule has 5 rings (SSSR count). The maximum atomic E-state index is 11.7. The molecule has 0 aromatic heterocycles. The number of hydrogen-bond acceptors (Lipinski definition) is 3. The molecular weight excluding hydrogens is 382 g/mol. The summed E-state index contributed by atoms with van der Waals surface area (Å²) >= 11 is 0. The molecule has 1 N–H and O–H groups in total. The average molecular weight is 412 g/mol. The van der Waals surface area contributed by atoms with Crippen LogP contribution in [0.3, 0.4) is 0 Å². The Bertz CT molecular complexity index is 1030. The lowest BCUT2D eigenvalue weighted by Gasteiger charge is -2.39. The third-order valence-electron chi connectivity index (χ3n) is 6.50. The van der Waals surface area contributed by atoms with Gasteiger partial charge in [0.1, 0.15) is 0 Å². The van der Waals surface area contributed by atoms with Crippen molar-refractivity contribution in [3.05, 3.63) is 101 Å². The summed E-state index contributed by atoms with van der Waals surface area (Å²) in [6.45, 7) is 5.33. The minimum atomic E-state index is 0.0984. The molecule has 4 nitrogen and oxygen atoms in total. The summed E-state index contributed by atoms with van der Waals surface area (Å²) in [5.74, 6) is 0.0984. The molecule has 2 aliphatic heterocycles. The summed E-state index contributed by atoms with van der Waals surface area (Å²) in [5, 5.41) is 2.94. The number of nitrogens with zero attached hydrogens (tertiary/aromatic N) is 2. The van der Waals surface area contributed by atoms with Crippen LogP contribution in [-0.2, 0) is 24.2 Å². The number of carbonyl (C=O) groups excluding carboxylic acids is 1. The molecule has 2 heterocycles. The van der Waals surface area contributed by atoms with Gasteiger partial charge in [-0.25, -0.2) is 0 Å². The maximum Gasteiger partial charge on any atom is 0.228 e. The molecule has 1 unspecified atom stereocenters. The van der Waals surface area contributed by atoms with Crippen LogP contribution in [0.4, 0.5) is 5.69 Å². The van der Waals surface area contributed by atoms with Crippen molar-refractivity contribution in [3.8, 4) is 0 Å². The number of piperazine rings is 1. The van der Waals surface area contributed by atoms with Gasteiger partial charge in [-0.15, -0.1) is 0 Å². The number of fused-ring (bicyclic) bond motifs is 1. The van der Waals surface area contributed by atoms with Gasteiger partial charge in [-0.05, 0) is 34.7 Å². The standard InChI is InChI=1S/C27H29N3O/c31-27-19-24-17-22(11-12-25(24)28-27)18-26(23-9-5-2-6-10-23)30-15-13-29(14-16-30)20-21-7-3-1-4-8-21/h1-12,17,26H,13-16,18-20H2,(H,28,31). The van der Waals surface area contributed by atoms with Gasteiger partial charge in [0.05, 0.1) is 6.42 Å². The maximum absolute atomic E-state index is 11.7. The molecule has 1 fully saturated rings. The Morgan fingerprint density at radius 1 is 0.806 bits per heavy atom. The quantitative estimate of drug-likeness (QED) is 0.658. The van der Waals surface area contributed by atoms with Crippen molar-refractivity contribution in [2.75, 3.05) is 31.5 Å². The van der Waals surface area contributed by atoms with Crippen molar-refractivity contribution in [2.45, 2.75) is 25.4 Å². The minimum Gasteiger partial charge on any atom is -0.326 e. The van der Waals surface area contributed by atoms with Crippen LogP contribution >= 0.6 is 0 Å². The van der Waals surface area contributed by atoms with E-state index in [2.05, 4.69) is 94.0 Å². The Labute approximate surface area is 184 Å². The van der Waals surface area contributed by atoms with Crippen molar-refractivity contribution in [3.63, 3.8) is 0 Å². The second kappa shape index (κ2) is 9.04. The molecule has 3 aromatic carbocycles. The molecule has 2 aliphatic rings. The number of anilines is 1. The second-order valence-electron chi connectivity index (χ2n) is 8.64. The molecule has 1 amide bonds. The van der Waals surface area contributed by atoms with Crippen LogP contribution in [0, 0.1) is 0 Å². The van der Waals surface area contributed by atoms with Gasteiger partial charge in [0.2, 0.25) is 5.91 Å². The number of rotatable bonds is 6. The smallest absolute Gasteiger partial charge is 0.228 e. The van der Waals surface area contributed by atoms with E-state index in [9.17, 15) is 4.79 Å². The van der Waals surface area contributed by atoms with Crippen LogP contribution < -0.4 is 5.32 Å². The SMILES string of the molecule is O=C1Cc2cc(CC(c3ccccc3)N3CCN(Cc4ccccc4)CC3)ccc2N1. The highest BCUT2D eigenvalue weighted by Crippen LogP contribution is 2.30. The number of hydrogen-bond donors (Lipinski definition) is 1. The number of amides is 1. The molecule has 0 radical (unpaired) electrons. The van der Waals surface area contributed by atoms with Crippen LogP contribution in [0.1, 0.15) is 28.3 Å². The summed E-state index contributed by atoms with van der Waals surface area (Å²) in [7, 11) is 0. The molecule has 0 spiro atoms. The highest BCUT2D eigenvalue weighted by atomic mass is 16.1. The van der Waals surface area contributed by atoms with Crippen LogP contribution in [0.15, 0.2) is 78.9 Å². The molecule has 0 saturated carbocycles. The van der Waals surface area contributed by atoms with E-state index in [1.54, 1.807) is 0 Å². The van der Waals surface area contributed by atoms with E-state index in [1.807, 2.05) is 0 Å². The van der Waals surface area contributed by atoms with Gasteiger partial charge < -0.3 is 5.32 Å². The zero-order valence-electron chi connectivity index (χ0n) is 17.8. The predicted octanol–water partition coefficient (Wildman–Crippen LogP) is 4.28. The normalized spacial score (nSPS) is 17.9. The summed E-state index contributed by atoms with van der Waals surface area (Å²) < 4.78 is 0. The fourth-order valence-corrected chi connectivity index (χ4v) is 4.84. The van der Waals surface area contributed by atoms with Crippen LogP contribution in [0.5, 0.6) is 0 Å². The number of nitrogens with one attached hydrogen (secondary N) is 1. The van der Waals surface area contributed by atoms with Gasteiger partial charge in [0.25, 0.3) is 0 Å². The molecule has 4 heteroatoms. The first-order valence-corrected chi connectivity index (χ1v) is 11.2. The first-order valence-electron chi connectivity index (χ1n) is 11.2. The lowest BCUT2D eigenvalue weighted by Crippen LogP contribution is -2.47. The van der Waals surface area contributed by atoms with E-state index in [4.69, 9.17) is 0 Å². The van der Waals surface area contributed by atoms with Crippen molar-refractivity contribution >= 4 is 11.6 Å². The van der Waals surface area contributed by atoms with E-state index in [1.165, 1.54) is 16.7 Å². The third kappa shape index (κ3) is 4.71. The summed E-state index contributed by atoms with van der Waals surface area (Å²) in [5.41, 5.74) is 6.16. The molecule has 1 atom stereocenters. The largest absolute Gasteiger partial charge is 0.326 e. The zero-order valence-corrected chi connectivity index (χ0v) is 17.8. The lowest BCUT2D eigenvalue weighted by atomic mass is 9.95. The van der Waals surface area contributed by atoms with Crippen molar-refractivity contribution in [2.24, 2.45) is 0 Å². The molecule has 3 aromatic rings. The topological polar surface area (TPSA) is 35.6 Å². The third-order valence-corrected chi connectivity index (χ3v) is 6.50. The Morgan fingerprint density at radius 2 is 1.52 bits per heavy atom. The first kappa shape index (κ1) is 20.0. The minimum absolute atomic E-state index is 0.0984. The van der Waals surface area contributed by atoms with Crippen molar-refractivity contribution < 1.29 is 4.79 Å². The van der Waals surface area contributed by atoms with Gasteiger partial charge in [-0.3, -0.25) is 14.6 Å². The van der Waals surface area contributed by atoms with Crippen LogP contribution in [-0.4, -0.2) is 41.9 Å². The molecular formula is C27H29N3O. The second-order valence-corrected chi connectivity index (χ2v) is 8.64. The molecule has 0 aliphatic carbocycles. The first-order chi connectivity index (χ1) is 15.2. The van der Waals surface area contributed by atoms with E-state index in [0.717, 1.165) is 50.4 Å². The fourth-order valence-electron chi connectivity index (χ4n) is 4.84. The highest BCUT2D eigenvalue weighted by Gasteiger charge is 2.26. The monoisotopic (exact) mass is 411 g/mol. The van der Waals surface area contributed by atoms with Crippen molar-refractivity contribution in [1.29, 1.82) is 0 Å². The molecule has 31 heavy (non-hydrogen) atoms. The lowest BCUT2D eigenvalue weighted by molar-refractivity contribution is -0.115. The van der Waals surface area contributed by atoms with Crippen LogP contribution in [0.25, 0.3) is 0 Å². The van der Waals surface area contributed by atoms with Crippen LogP contribution in [0.2, 0.25) is 0 Å². The molecule has 0 bridgehead atoms. The Morgan fingerprint density at radius 3 is 2.26 bits per heavy atom. The summed E-state index contributed by atoms with van der Waals surface area (Å²) in [6.07, 6.45) is 1.46. The fraction of sp³-hybridized carbons (Fsp3) is 0.296. The van der Waals surface area contributed by atoms with Gasteiger partial charge in [0.15, 0.2) is 0 Å². The number of benzene rings is 3. The molecule has 1 saturated heterocycles. The van der Waals surface area contributed by atoms with Gasteiger partial charge in [0, 0.05) is 44.5 Å². The zero-order chi connectivity index (χ0) is 21.0.